The van der Waals surface area contributed by atoms with Crippen LogP contribution >= 0.6 is 0 Å². The first-order valence-electron chi connectivity index (χ1n) is 6.27. The van der Waals surface area contributed by atoms with Crippen LogP contribution in [0.25, 0.3) is 17.4 Å². The molecule has 2 nitrogen and oxygen atoms in total. The second-order valence-electron chi connectivity index (χ2n) is 4.74. The summed E-state index contributed by atoms with van der Waals surface area (Å²) in [5.41, 5.74) is 1.75. The maximum absolute atomic E-state index is 12.8. The van der Waals surface area contributed by atoms with E-state index in [4.69, 9.17) is 4.42 Å². The van der Waals surface area contributed by atoms with E-state index in [1.165, 1.54) is 12.1 Å². The van der Waals surface area contributed by atoms with Gasteiger partial charge in [0.15, 0.2) is 0 Å². The fourth-order valence-electron chi connectivity index (χ4n) is 1.78. The monoisotopic (exact) mass is 260 g/mol. The van der Waals surface area contributed by atoms with Gasteiger partial charge in [-0.1, -0.05) is 13.8 Å². The Bertz CT molecular complexity index is 565. The molecule has 100 valence electrons. The lowest BCUT2D eigenvalue weighted by Crippen LogP contribution is -1.98. The van der Waals surface area contributed by atoms with Gasteiger partial charge in [-0.25, -0.2) is 4.39 Å². The van der Waals surface area contributed by atoms with Gasteiger partial charge in [0.2, 0.25) is 0 Å². The Hall–Kier alpha value is -1.87. The third-order valence-corrected chi connectivity index (χ3v) is 3.01. The van der Waals surface area contributed by atoms with Crippen molar-refractivity contribution >= 4 is 6.08 Å². The average Bonchev–Trinajstić information content (AvgIpc) is 2.85. The van der Waals surface area contributed by atoms with Crippen molar-refractivity contribution in [2.75, 3.05) is 6.61 Å². The van der Waals surface area contributed by atoms with E-state index in [1.54, 1.807) is 12.1 Å². The summed E-state index contributed by atoms with van der Waals surface area (Å²) in [6.07, 6.45) is 1.84. The van der Waals surface area contributed by atoms with Crippen molar-refractivity contribution in [1.82, 2.24) is 0 Å². The number of hydrogen-bond donors (Lipinski definition) is 1. The second-order valence-corrected chi connectivity index (χ2v) is 4.74. The van der Waals surface area contributed by atoms with Crippen molar-refractivity contribution < 1.29 is 13.9 Å². The third kappa shape index (κ3) is 3.32. The van der Waals surface area contributed by atoms with Gasteiger partial charge in [-0.3, -0.25) is 0 Å². The Morgan fingerprint density at radius 1 is 1.21 bits per heavy atom. The van der Waals surface area contributed by atoms with Gasteiger partial charge in [-0.2, -0.15) is 0 Å². The van der Waals surface area contributed by atoms with Crippen LogP contribution in [0.15, 0.2) is 46.4 Å². The predicted octanol–water partition coefficient (Wildman–Crippen LogP) is 4.12. The van der Waals surface area contributed by atoms with Crippen molar-refractivity contribution in [3.05, 3.63) is 53.5 Å². The van der Waals surface area contributed by atoms with Crippen LogP contribution in [0.1, 0.15) is 19.6 Å². The van der Waals surface area contributed by atoms with Gasteiger partial charge in [0.05, 0.1) is 6.61 Å². The van der Waals surface area contributed by atoms with Gasteiger partial charge in [-0.15, -0.1) is 0 Å². The number of benzene rings is 1. The van der Waals surface area contributed by atoms with Crippen LogP contribution in [-0.2, 0) is 0 Å². The average molecular weight is 260 g/mol. The third-order valence-electron chi connectivity index (χ3n) is 3.01. The topological polar surface area (TPSA) is 33.4 Å². The molecule has 0 unspecified atom stereocenters. The molecule has 1 heterocycles. The maximum Gasteiger partial charge on any atom is 0.134 e. The Balaban J connectivity index is 2.26. The highest BCUT2D eigenvalue weighted by Crippen LogP contribution is 2.24. The van der Waals surface area contributed by atoms with Crippen LogP contribution in [0.3, 0.4) is 0 Å². The SMILES string of the molecule is CC(C)C(=Cc1ccc(-c2ccc(F)cc2)o1)CO. The van der Waals surface area contributed by atoms with Crippen molar-refractivity contribution in [3.63, 3.8) is 0 Å². The first kappa shape index (κ1) is 13.6. The maximum atomic E-state index is 12.8. The predicted molar refractivity (Wildman–Crippen MR) is 74.0 cm³/mol. The van der Waals surface area contributed by atoms with Crippen LogP contribution in [-0.4, -0.2) is 11.7 Å². The van der Waals surface area contributed by atoms with Gasteiger partial charge in [0.1, 0.15) is 17.3 Å². The number of hydrogen-bond acceptors (Lipinski definition) is 2. The normalized spacial score (nSPS) is 12.2. The molecule has 0 aliphatic heterocycles. The zero-order valence-electron chi connectivity index (χ0n) is 11.1. The van der Waals surface area contributed by atoms with E-state index in [-0.39, 0.29) is 18.3 Å². The van der Waals surface area contributed by atoms with Gasteiger partial charge in [-0.05, 0) is 54.0 Å². The molecule has 19 heavy (non-hydrogen) atoms. The zero-order chi connectivity index (χ0) is 13.8. The Labute approximate surface area is 112 Å². The molecule has 1 N–H and O–H groups in total. The minimum absolute atomic E-state index is 0.0181. The quantitative estimate of drug-likeness (QED) is 0.897. The molecule has 0 bridgehead atoms. The summed E-state index contributed by atoms with van der Waals surface area (Å²) in [7, 11) is 0. The Morgan fingerprint density at radius 2 is 1.89 bits per heavy atom. The van der Waals surface area contributed by atoms with Gasteiger partial charge in [0.25, 0.3) is 0 Å². The molecular weight excluding hydrogens is 243 g/mol. The van der Waals surface area contributed by atoms with E-state index in [2.05, 4.69) is 0 Å². The molecule has 1 aromatic carbocycles. The molecule has 0 aliphatic rings. The molecule has 0 saturated heterocycles. The van der Waals surface area contributed by atoms with Crippen LogP contribution in [0.5, 0.6) is 0 Å². The minimum Gasteiger partial charge on any atom is -0.457 e. The van der Waals surface area contributed by atoms with Crippen molar-refractivity contribution in [3.8, 4) is 11.3 Å². The van der Waals surface area contributed by atoms with Crippen LogP contribution in [0.4, 0.5) is 4.39 Å². The van der Waals surface area contributed by atoms with Crippen LogP contribution in [0.2, 0.25) is 0 Å². The summed E-state index contributed by atoms with van der Waals surface area (Å²) >= 11 is 0. The smallest absolute Gasteiger partial charge is 0.134 e. The number of furan rings is 1. The summed E-state index contributed by atoms with van der Waals surface area (Å²) in [5.74, 6) is 1.38. The van der Waals surface area contributed by atoms with E-state index in [1.807, 2.05) is 32.1 Å². The van der Waals surface area contributed by atoms with Crippen molar-refractivity contribution in [2.24, 2.45) is 5.92 Å². The fourth-order valence-corrected chi connectivity index (χ4v) is 1.78. The zero-order valence-corrected chi connectivity index (χ0v) is 11.1. The lowest BCUT2D eigenvalue weighted by atomic mass is 10.0. The fraction of sp³-hybridized carbons (Fsp3) is 0.250. The largest absolute Gasteiger partial charge is 0.457 e. The minimum atomic E-state index is -0.266. The number of aliphatic hydroxyl groups is 1. The summed E-state index contributed by atoms with van der Waals surface area (Å²) in [5, 5.41) is 9.26. The Kier molecular flexibility index (Phi) is 4.17. The molecule has 0 atom stereocenters. The highest BCUT2D eigenvalue weighted by Gasteiger charge is 2.06. The van der Waals surface area contributed by atoms with E-state index in [9.17, 15) is 9.50 Å². The molecule has 2 aromatic rings. The summed E-state index contributed by atoms with van der Waals surface area (Å²) in [6, 6.07) is 9.85. The molecule has 0 saturated carbocycles. The molecule has 0 radical (unpaired) electrons. The first-order chi connectivity index (χ1) is 9.10. The molecule has 1 aromatic heterocycles. The summed E-state index contributed by atoms with van der Waals surface area (Å²) < 4.78 is 18.5. The molecule has 0 spiro atoms. The molecule has 3 heteroatoms. The second kappa shape index (κ2) is 5.85. The van der Waals surface area contributed by atoms with E-state index < -0.39 is 0 Å². The Morgan fingerprint density at radius 3 is 2.47 bits per heavy atom. The summed E-state index contributed by atoms with van der Waals surface area (Å²) in [4.78, 5) is 0. The van der Waals surface area contributed by atoms with E-state index in [0.29, 0.717) is 11.5 Å². The highest BCUT2D eigenvalue weighted by atomic mass is 19.1. The van der Waals surface area contributed by atoms with E-state index >= 15 is 0 Å². The molecule has 0 aliphatic carbocycles. The number of halogens is 1. The van der Waals surface area contributed by atoms with Crippen molar-refractivity contribution in [1.29, 1.82) is 0 Å². The van der Waals surface area contributed by atoms with Crippen LogP contribution < -0.4 is 0 Å². The number of aliphatic hydroxyl groups excluding tert-OH is 1. The van der Waals surface area contributed by atoms with Crippen molar-refractivity contribution in [2.45, 2.75) is 13.8 Å². The lowest BCUT2D eigenvalue weighted by molar-refractivity contribution is 0.320. The molecule has 0 amide bonds. The standard InChI is InChI=1S/C16H17FO2/c1-11(2)13(10-18)9-15-7-8-16(19-15)12-3-5-14(17)6-4-12/h3-9,11,18H,10H2,1-2H3. The molecular formula is C16H17FO2. The summed E-state index contributed by atoms with van der Waals surface area (Å²) in [6.45, 7) is 4.06. The lowest BCUT2D eigenvalue weighted by Gasteiger charge is -2.06. The van der Waals surface area contributed by atoms with Gasteiger partial charge < -0.3 is 9.52 Å². The molecule has 0 fully saturated rings. The molecule has 2 rings (SSSR count). The van der Waals surface area contributed by atoms with E-state index in [0.717, 1.165) is 11.1 Å². The number of rotatable bonds is 4. The highest BCUT2D eigenvalue weighted by molar-refractivity contribution is 5.60. The van der Waals surface area contributed by atoms with Gasteiger partial charge >= 0.3 is 0 Å². The van der Waals surface area contributed by atoms with Crippen LogP contribution in [0, 0.1) is 11.7 Å². The van der Waals surface area contributed by atoms with Gasteiger partial charge in [0, 0.05) is 5.56 Å². The first-order valence-corrected chi connectivity index (χ1v) is 6.27.